The summed E-state index contributed by atoms with van der Waals surface area (Å²) in [6.45, 7) is 1.88. The lowest BCUT2D eigenvalue weighted by Gasteiger charge is -1.97. The van der Waals surface area contributed by atoms with Crippen LogP contribution >= 0.6 is 15.9 Å². The number of hydrogen-bond acceptors (Lipinski definition) is 1. The minimum atomic E-state index is 0.549. The molecule has 1 aromatic heterocycles. The third kappa shape index (κ3) is 1.42. The molecule has 0 saturated carbocycles. The Morgan fingerprint density at radius 2 is 2.22 bits per heavy atom. The molecule has 48 valence electrons. The third-order valence-corrected chi connectivity index (χ3v) is 1.63. The van der Waals surface area contributed by atoms with Gasteiger partial charge in [0.25, 0.3) is 4.60 Å². The zero-order valence-corrected chi connectivity index (χ0v) is 6.55. The van der Waals surface area contributed by atoms with E-state index in [1.54, 1.807) is 6.07 Å². The number of aromatic nitrogens is 1. The molecule has 0 fully saturated rings. The highest BCUT2D eigenvalue weighted by molar-refractivity contribution is 9.10. The monoisotopic (exact) mass is 187 g/mol. The molecule has 0 bridgehead atoms. The van der Waals surface area contributed by atoms with E-state index < -0.39 is 0 Å². The summed E-state index contributed by atoms with van der Waals surface area (Å²) in [7, 11) is 0. The molecule has 1 rings (SSSR count). The fourth-order valence-corrected chi connectivity index (χ4v) is 0.798. The van der Waals surface area contributed by atoms with Gasteiger partial charge in [-0.3, -0.25) is 0 Å². The second-order valence-corrected chi connectivity index (χ2v) is 2.67. The molecule has 0 atom stereocenters. The van der Waals surface area contributed by atoms with Gasteiger partial charge in [0, 0.05) is 27.6 Å². The molecule has 9 heavy (non-hydrogen) atoms. The van der Waals surface area contributed by atoms with Gasteiger partial charge in [0.15, 0.2) is 6.20 Å². The first-order valence-electron chi connectivity index (χ1n) is 2.55. The second kappa shape index (κ2) is 2.35. The predicted octanol–water partition coefficient (Wildman–Crippen LogP) is 1.39. The van der Waals surface area contributed by atoms with Gasteiger partial charge in [-0.15, -0.1) is 0 Å². The standard InChI is InChI=1S/C6H6BrNO/c1-5-2-3-6(7)8(9)4-5/h2-4H,1H3. The van der Waals surface area contributed by atoms with Crippen LogP contribution in [-0.4, -0.2) is 0 Å². The van der Waals surface area contributed by atoms with Gasteiger partial charge >= 0.3 is 0 Å². The first-order chi connectivity index (χ1) is 4.20. The molecule has 0 aliphatic carbocycles. The van der Waals surface area contributed by atoms with Crippen LogP contribution in [-0.2, 0) is 0 Å². The van der Waals surface area contributed by atoms with Gasteiger partial charge in [-0.25, -0.2) is 0 Å². The Kier molecular flexibility index (Phi) is 1.71. The van der Waals surface area contributed by atoms with Crippen molar-refractivity contribution in [2.45, 2.75) is 6.92 Å². The van der Waals surface area contributed by atoms with Crippen molar-refractivity contribution in [1.29, 1.82) is 0 Å². The number of hydrogen-bond donors (Lipinski definition) is 0. The van der Waals surface area contributed by atoms with Gasteiger partial charge in [0.1, 0.15) is 0 Å². The molecular weight excluding hydrogens is 182 g/mol. The Morgan fingerprint density at radius 3 is 2.67 bits per heavy atom. The fourth-order valence-electron chi connectivity index (χ4n) is 0.563. The lowest BCUT2D eigenvalue weighted by atomic mass is 10.3. The van der Waals surface area contributed by atoms with Crippen molar-refractivity contribution in [2.24, 2.45) is 0 Å². The van der Waals surface area contributed by atoms with Gasteiger partial charge in [0.2, 0.25) is 0 Å². The van der Waals surface area contributed by atoms with E-state index in [1.165, 1.54) is 6.20 Å². The zero-order valence-electron chi connectivity index (χ0n) is 4.97. The molecule has 0 radical (unpaired) electrons. The second-order valence-electron chi connectivity index (χ2n) is 1.85. The van der Waals surface area contributed by atoms with Crippen LogP contribution in [0.4, 0.5) is 0 Å². The van der Waals surface area contributed by atoms with E-state index >= 15 is 0 Å². The van der Waals surface area contributed by atoms with Gasteiger partial charge in [0.05, 0.1) is 0 Å². The summed E-state index contributed by atoms with van der Waals surface area (Å²) in [6, 6.07) is 3.60. The van der Waals surface area contributed by atoms with Crippen molar-refractivity contribution in [3.63, 3.8) is 0 Å². The minimum absolute atomic E-state index is 0.549. The minimum Gasteiger partial charge on any atom is -0.618 e. The van der Waals surface area contributed by atoms with Crippen LogP contribution in [0.25, 0.3) is 0 Å². The first kappa shape index (κ1) is 6.55. The number of halogens is 1. The molecule has 0 aliphatic rings. The first-order valence-corrected chi connectivity index (χ1v) is 3.35. The summed E-state index contributed by atoms with van der Waals surface area (Å²) in [6.07, 6.45) is 1.52. The molecule has 0 aliphatic heterocycles. The van der Waals surface area contributed by atoms with E-state index in [0.717, 1.165) is 10.3 Å². The molecule has 0 spiro atoms. The number of pyridine rings is 1. The van der Waals surface area contributed by atoms with Crippen LogP contribution in [0.15, 0.2) is 22.9 Å². The SMILES string of the molecule is Cc1ccc(Br)[n+]([O-])c1. The van der Waals surface area contributed by atoms with E-state index in [1.807, 2.05) is 13.0 Å². The molecular formula is C6H6BrNO. The molecule has 3 heteroatoms. The third-order valence-electron chi connectivity index (χ3n) is 1.02. The maximum Gasteiger partial charge on any atom is 0.259 e. The van der Waals surface area contributed by atoms with Crippen LogP contribution in [0, 0.1) is 12.1 Å². The predicted molar refractivity (Wildman–Crippen MR) is 37.8 cm³/mol. The zero-order chi connectivity index (χ0) is 6.85. The van der Waals surface area contributed by atoms with E-state index in [0.29, 0.717) is 4.60 Å². The molecule has 0 saturated heterocycles. The highest BCUT2D eigenvalue weighted by Crippen LogP contribution is 2.02. The molecule has 2 nitrogen and oxygen atoms in total. The van der Waals surface area contributed by atoms with Gasteiger partial charge in [-0.05, 0) is 13.0 Å². The maximum atomic E-state index is 10.7. The summed E-state index contributed by atoms with van der Waals surface area (Å²) in [5, 5.41) is 10.7. The van der Waals surface area contributed by atoms with Crippen molar-refractivity contribution in [3.8, 4) is 0 Å². The Balaban J connectivity index is 3.17. The molecule has 0 N–H and O–H groups in total. The molecule has 0 aromatic carbocycles. The normalized spacial score (nSPS) is 9.56. The Bertz CT molecular complexity index is 224. The number of aryl methyl sites for hydroxylation is 1. The van der Waals surface area contributed by atoms with Crippen LogP contribution in [0.2, 0.25) is 0 Å². The van der Waals surface area contributed by atoms with Crippen molar-refractivity contribution in [1.82, 2.24) is 0 Å². The van der Waals surface area contributed by atoms with Crippen LogP contribution in [0.5, 0.6) is 0 Å². The molecule has 1 heterocycles. The largest absolute Gasteiger partial charge is 0.618 e. The topological polar surface area (TPSA) is 26.9 Å². The Hall–Kier alpha value is -0.570. The summed E-state index contributed by atoms with van der Waals surface area (Å²) in [4.78, 5) is 0. The van der Waals surface area contributed by atoms with Crippen LogP contribution < -0.4 is 4.73 Å². The van der Waals surface area contributed by atoms with Crippen molar-refractivity contribution in [2.75, 3.05) is 0 Å². The summed E-state index contributed by atoms with van der Waals surface area (Å²) < 4.78 is 1.34. The van der Waals surface area contributed by atoms with E-state index in [4.69, 9.17) is 0 Å². The van der Waals surface area contributed by atoms with E-state index in [2.05, 4.69) is 15.9 Å². The highest BCUT2D eigenvalue weighted by Gasteiger charge is 1.96. The van der Waals surface area contributed by atoms with Crippen molar-refractivity contribution >= 4 is 15.9 Å². The van der Waals surface area contributed by atoms with E-state index in [9.17, 15) is 5.21 Å². The van der Waals surface area contributed by atoms with Gasteiger partial charge in [-0.1, -0.05) is 0 Å². The Morgan fingerprint density at radius 1 is 1.56 bits per heavy atom. The summed E-state index contributed by atoms with van der Waals surface area (Å²) in [5.74, 6) is 0. The smallest absolute Gasteiger partial charge is 0.259 e. The van der Waals surface area contributed by atoms with Crippen LogP contribution in [0.3, 0.4) is 0 Å². The maximum absolute atomic E-state index is 10.7. The number of nitrogens with zero attached hydrogens (tertiary/aromatic N) is 1. The Labute approximate surface area is 61.8 Å². The van der Waals surface area contributed by atoms with Gasteiger partial charge < -0.3 is 5.21 Å². The van der Waals surface area contributed by atoms with E-state index in [-0.39, 0.29) is 0 Å². The lowest BCUT2D eigenvalue weighted by molar-refractivity contribution is -0.617. The molecule has 1 aromatic rings. The van der Waals surface area contributed by atoms with Crippen molar-refractivity contribution < 1.29 is 4.73 Å². The van der Waals surface area contributed by atoms with Crippen LogP contribution in [0.1, 0.15) is 5.56 Å². The quantitative estimate of drug-likeness (QED) is 0.343. The average molecular weight is 188 g/mol. The van der Waals surface area contributed by atoms with Gasteiger partial charge in [-0.2, -0.15) is 4.73 Å². The lowest BCUT2D eigenvalue weighted by Crippen LogP contribution is -2.27. The summed E-state index contributed by atoms with van der Waals surface area (Å²) in [5.41, 5.74) is 0.966. The summed E-state index contributed by atoms with van der Waals surface area (Å²) >= 11 is 3.08. The fraction of sp³-hybridized carbons (Fsp3) is 0.167. The molecule has 0 unspecified atom stereocenters. The van der Waals surface area contributed by atoms with Crippen molar-refractivity contribution in [3.05, 3.63) is 33.7 Å². The molecule has 0 amide bonds. The average Bonchev–Trinajstić information content (AvgIpc) is 1.80. The highest BCUT2D eigenvalue weighted by atomic mass is 79.9. The number of rotatable bonds is 0.